The van der Waals surface area contributed by atoms with Gasteiger partial charge in [-0.1, -0.05) is 36.4 Å². The summed E-state index contributed by atoms with van der Waals surface area (Å²) in [6.45, 7) is 3.21. The Hall–Kier alpha value is -1.81. The first-order valence-electron chi connectivity index (χ1n) is 7.73. The first-order valence-corrected chi connectivity index (χ1v) is 8.52. The summed E-state index contributed by atoms with van der Waals surface area (Å²) in [7, 11) is 1.84. The minimum absolute atomic E-state index is 0.139. The zero-order chi connectivity index (χ0) is 16.7. The minimum Gasteiger partial charge on any atom is -0.492 e. The number of halogens is 1. The van der Waals surface area contributed by atoms with Crippen molar-refractivity contribution in [2.24, 2.45) is 0 Å². The molecule has 3 nitrogen and oxygen atoms in total. The van der Waals surface area contributed by atoms with Crippen molar-refractivity contribution in [2.45, 2.75) is 26.3 Å². The third kappa shape index (κ3) is 5.71. The van der Waals surface area contributed by atoms with Gasteiger partial charge in [0.15, 0.2) is 0 Å². The Morgan fingerprint density at radius 2 is 1.91 bits per heavy atom. The van der Waals surface area contributed by atoms with Crippen molar-refractivity contribution in [2.75, 3.05) is 13.7 Å². The average Bonchev–Trinajstić information content (AvgIpc) is 2.54. The van der Waals surface area contributed by atoms with Crippen LogP contribution in [0.15, 0.2) is 53.0 Å². The molecule has 0 N–H and O–H groups in total. The Morgan fingerprint density at radius 3 is 2.61 bits per heavy atom. The maximum absolute atomic E-state index is 12.1. The Kier molecular flexibility index (Phi) is 6.66. The van der Waals surface area contributed by atoms with Crippen LogP contribution >= 0.6 is 15.9 Å². The number of hydrogen-bond acceptors (Lipinski definition) is 2. The van der Waals surface area contributed by atoms with Gasteiger partial charge in [0.2, 0.25) is 5.91 Å². The van der Waals surface area contributed by atoms with Gasteiger partial charge in [-0.25, -0.2) is 0 Å². The van der Waals surface area contributed by atoms with Gasteiger partial charge in [-0.2, -0.15) is 0 Å². The Labute approximate surface area is 146 Å². The van der Waals surface area contributed by atoms with Gasteiger partial charge in [-0.15, -0.1) is 0 Å². The van der Waals surface area contributed by atoms with E-state index in [0.717, 1.165) is 15.8 Å². The largest absolute Gasteiger partial charge is 0.492 e. The van der Waals surface area contributed by atoms with Gasteiger partial charge in [0.25, 0.3) is 0 Å². The molecule has 0 heterocycles. The second-order valence-corrected chi connectivity index (χ2v) is 6.48. The molecule has 0 radical (unpaired) electrons. The number of rotatable bonds is 7. The Morgan fingerprint density at radius 1 is 1.17 bits per heavy atom. The van der Waals surface area contributed by atoms with Crippen LogP contribution in [-0.4, -0.2) is 24.5 Å². The monoisotopic (exact) mass is 375 g/mol. The van der Waals surface area contributed by atoms with Crippen LogP contribution in [0.1, 0.15) is 24.0 Å². The van der Waals surface area contributed by atoms with Crippen LogP contribution in [0.3, 0.4) is 0 Å². The van der Waals surface area contributed by atoms with E-state index in [-0.39, 0.29) is 5.91 Å². The fraction of sp³-hybridized carbons (Fsp3) is 0.316. The lowest BCUT2D eigenvalue weighted by Gasteiger charge is -2.17. The summed E-state index contributed by atoms with van der Waals surface area (Å²) in [4.78, 5) is 13.9. The highest BCUT2D eigenvalue weighted by Gasteiger charge is 2.09. The molecule has 0 aromatic heterocycles. The van der Waals surface area contributed by atoms with Gasteiger partial charge in [-0.3, -0.25) is 4.79 Å². The fourth-order valence-corrected chi connectivity index (χ4v) is 2.87. The summed E-state index contributed by atoms with van der Waals surface area (Å²) in [6, 6.07) is 16.0. The lowest BCUT2D eigenvalue weighted by Crippen LogP contribution is -2.26. The molecule has 0 unspecified atom stereocenters. The fourth-order valence-electron chi connectivity index (χ4n) is 2.26. The van der Waals surface area contributed by atoms with Crippen molar-refractivity contribution in [3.8, 4) is 5.75 Å². The lowest BCUT2D eigenvalue weighted by molar-refractivity contribution is -0.130. The highest BCUT2D eigenvalue weighted by molar-refractivity contribution is 9.10. The normalized spacial score (nSPS) is 10.4. The van der Waals surface area contributed by atoms with E-state index in [9.17, 15) is 4.79 Å². The number of carbonyl (C=O) groups excluding carboxylic acids is 1. The molecular weight excluding hydrogens is 354 g/mol. The lowest BCUT2D eigenvalue weighted by atomic mass is 10.2. The van der Waals surface area contributed by atoms with E-state index in [0.29, 0.717) is 26.0 Å². The van der Waals surface area contributed by atoms with Gasteiger partial charge in [0.1, 0.15) is 5.75 Å². The highest BCUT2D eigenvalue weighted by atomic mass is 79.9. The zero-order valence-electron chi connectivity index (χ0n) is 13.6. The summed E-state index contributed by atoms with van der Waals surface area (Å²) in [5.41, 5.74) is 2.32. The minimum atomic E-state index is 0.139. The molecule has 2 aromatic carbocycles. The summed E-state index contributed by atoms with van der Waals surface area (Å²) >= 11 is 3.49. The van der Waals surface area contributed by atoms with E-state index >= 15 is 0 Å². The Balaban J connectivity index is 1.72. The Bertz CT molecular complexity index is 643. The third-order valence-electron chi connectivity index (χ3n) is 3.57. The van der Waals surface area contributed by atoms with Crippen LogP contribution in [0.2, 0.25) is 0 Å². The number of amides is 1. The molecule has 23 heavy (non-hydrogen) atoms. The first-order chi connectivity index (χ1) is 11.1. The standard InChI is InChI=1S/C19H22BrNO2/c1-15-10-11-18(17(20)13-15)23-12-6-9-19(22)21(2)14-16-7-4-3-5-8-16/h3-5,7-8,10-11,13H,6,9,12,14H2,1-2H3. The van der Waals surface area contributed by atoms with E-state index in [1.54, 1.807) is 4.90 Å². The smallest absolute Gasteiger partial charge is 0.222 e. The van der Waals surface area contributed by atoms with Crippen molar-refractivity contribution in [3.63, 3.8) is 0 Å². The molecule has 0 aliphatic rings. The van der Waals surface area contributed by atoms with Crippen molar-refractivity contribution >= 4 is 21.8 Å². The maximum atomic E-state index is 12.1. The first kappa shape index (κ1) is 17.5. The molecular formula is C19H22BrNO2. The van der Waals surface area contributed by atoms with Gasteiger partial charge in [-0.05, 0) is 52.5 Å². The molecule has 2 rings (SSSR count). The molecule has 0 bridgehead atoms. The number of benzene rings is 2. The highest BCUT2D eigenvalue weighted by Crippen LogP contribution is 2.25. The second-order valence-electron chi connectivity index (χ2n) is 5.62. The quantitative estimate of drug-likeness (QED) is 0.663. The number of nitrogens with zero attached hydrogens (tertiary/aromatic N) is 1. The molecule has 1 amide bonds. The molecule has 0 spiro atoms. The van der Waals surface area contributed by atoms with Crippen LogP contribution in [0.5, 0.6) is 5.75 Å². The van der Waals surface area contributed by atoms with Crippen molar-refractivity contribution < 1.29 is 9.53 Å². The molecule has 2 aromatic rings. The molecule has 0 aliphatic heterocycles. The zero-order valence-corrected chi connectivity index (χ0v) is 15.2. The van der Waals surface area contributed by atoms with Gasteiger partial charge < -0.3 is 9.64 Å². The van der Waals surface area contributed by atoms with Gasteiger partial charge >= 0.3 is 0 Å². The van der Waals surface area contributed by atoms with Crippen LogP contribution < -0.4 is 4.74 Å². The maximum Gasteiger partial charge on any atom is 0.222 e. The van der Waals surface area contributed by atoms with Gasteiger partial charge in [0.05, 0.1) is 11.1 Å². The molecule has 0 saturated carbocycles. The van der Waals surface area contributed by atoms with Crippen molar-refractivity contribution in [3.05, 3.63) is 64.1 Å². The van der Waals surface area contributed by atoms with Crippen molar-refractivity contribution in [1.29, 1.82) is 0 Å². The third-order valence-corrected chi connectivity index (χ3v) is 4.19. The number of ether oxygens (including phenoxy) is 1. The number of aryl methyl sites for hydroxylation is 1. The number of carbonyl (C=O) groups is 1. The second kappa shape index (κ2) is 8.73. The van der Waals surface area contributed by atoms with E-state index in [2.05, 4.69) is 15.9 Å². The molecule has 0 fully saturated rings. The summed E-state index contributed by atoms with van der Waals surface area (Å²) < 4.78 is 6.67. The molecule has 0 aliphatic carbocycles. The summed E-state index contributed by atoms with van der Waals surface area (Å²) in [6.07, 6.45) is 1.20. The van der Waals surface area contributed by atoms with E-state index < -0.39 is 0 Å². The predicted octanol–water partition coefficient (Wildman–Crippen LogP) is 4.58. The number of hydrogen-bond donors (Lipinski definition) is 0. The van der Waals surface area contributed by atoms with Crippen LogP contribution in [-0.2, 0) is 11.3 Å². The summed E-state index contributed by atoms with van der Waals surface area (Å²) in [5, 5.41) is 0. The average molecular weight is 376 g/mol. The molecule has 0 saturated heterocycles. The molecule has 122 valence electrons. The topological polar surface area (TPSA) is 29.5 Å². The van der Waals surface area contributed by atoms with E-state index in [1.165, 1.54) is 5.56 Å². The molecule has 4 heteroatoms. The van der Waals surface area contributed by atoms with E-state index in [4.69, 9.17) is 4.74 Å². The van der Waals surface area contributed by atoms with Gasteiger partial charge in [0, 0.05) is 20.0 Å². The molecule has 0 atom stereocenters. The van der Waals surface area contributed by atoms with Crippen LogP contribution in [0, 0.1) is 6.92 Å². The SMILES string of the molecule is Cc1ccc(OCCCC(=O)N(C)Cc2ccccc2)c(Br)c1. The summed E-state index contributed by atoms with van der Waals surface area (Å²) in [5.74, 6) is 0.959. The van der Waals surface area contributed by atoms with Crippen molar-refractivity contribution in [1.82, 2.24) is 4.90 Å². The predicted molar refractivity (Wildman–Crippen MR) is 96.5 cm³/mol. The van der Waals surface area contributed by atoms with E-state index in [1.807, 2.05) is 62.5 Å². The van der Waals surface area contributed by atoms with Crippen LogP contribution in [0.4, 0.5) is 0 Å². The van der Waals surface area contributed by atoms with Crippen LogP contribution in [0.25, 0.3) is 0 Å².